The van der Waals surface area contributed by atoms with Crippen molar-refractivity contribution in [2.75, 3.05) is 23.3 Å². The lowest BCUT2D eigenvalue weighted by molar-refractivity contribution is -0.137. The quantitative estimate of drug-likeness (QED) is 0.744. The van der Waals surface area contributed by atoms with Crippen molar-refractivity contribution in [1.29, 1.82) is 0 Å². The number of anilines is 2. The summed E-state index contributed by atoms with van der Waals surface area (Å²) in [6.45, 7) is 1.20. The summed E-state index contributed by atoms with van der Waals surface area (Å²) in [4.78, 5) is 14.6. The summed E-state index contributed by atoms with van der Waals surface area (Å²) < 4.78 is 39.8. The van der Waals surface area contributed by atoms with Crippen molar-refractivity contribution in [3.8, 4) is 0 Å². The second-order valence-corrected chi connectivity index (χ2v) is 6.75. The molecule has 1 N–H and O–H groups in total. The second-order valence-electron chi connectivity index (χ2n) is 6.75. The van der Waals surface area contributed by atoms with Crippen molar-refractivity contribution in [2.24, 2.45) is 5.92 Å². The Labute approximate surface area is 159 Å². The molecule has 0 bridgehead atoms. The summed E-state index contributed by atoms with van der Waals surface area (Å²) in [5.41, 5.74) is 0.719. The summed E-state index contributed by atoms with van der Waals surface area (Å²) in [6.07, 6.45) is -1.33. The van der Waals surface area contributed by atoms with E-state index in [-0.39, 0.29) is 11.8 Å². The molecule has 1 amide bonds. The molecule has 9 heteroatoms. The van der Waals surface area contributed by atoms with E-state index in [0.29, 0.717) is 37.5 Å². The fourth-order valence-corrected chi connectivity index (χ4v) is 3.40. The van der Waals surface area contributed by atoms with Crippen LogP contribution in [0.15, 0.2) is 48.7 Å². The van der Waals surface area contributed by atoms with E-state index >= 15 is 0 Å². The Kier molecular flexibility index (Phi) is 4.66. The SMILES string of the molecule is O=C(Nc1nnc2ccccn12)C1CCN(c2ccc(C(F)(F)F)cc2)CC1. The number of pyridine rings is 1. The first-order chi connectivity index (χ1) is 13.4. The highest BCUT2D eigenvalue weighted by Crippen LogP contribution is 2.31. The zero-order valence-electron chi connectivity index (χ0n) is 14.9. The van der Waals surface area contributed by atoms with Gasteiger partial charge in [-0.3, -0.25) is 14.5 Å². The number of hydrogen-bond donors (Lipinski definition) is 1. The van der Waals surface area contributed by atoms with Crippen LogP contribution in [0, 0.1) is 5.92 Å². The molecule has 4 rings (SSSR count). The van der Waals surface area contributed by atoms with Crippen molar-refractivity contribution >= 4 is 23.2 Å². The van der Waals surface area contributed by atoms with Gasteiger partial charge in [-0.05, 0) is 49.2 Å². The predicted octanol–water partition coefficient (Wildman–Crippen LogP) is 3.60. The molecule has 0 atom stereocenters. The van der Waals surface area contributed by atoms with Crippen LogP contribution in [0.25, 0.3) is 5.65 Å². The zero-order chi connectivity index (χ0) is 19.7. The Hall–Kier alpha value is -3.10. The Balaban J connectivity index is 1.36. The van der Waals surface area contributed by atoms with Crippen LogP contribution >= 0.6 is 0 Å². The summed E-state index contributed by atoms with van der Waals surface area (Å²) in [5.74, 6) is 0.0813. The minimum Gasteiger partial charge on any atom is -0.371 e. The number of amides is 1. The minimum atomic E-state index is -4.34. The van der Waals surface area contributed by atoms with Crippen LogP contribution in [0.3, 0.4) is 0 Å². The summed E-state index contributed by atoms with van der Waals surface area (Å²) >= 11 is 0. The van der Waals surface area contributed by atoms with Crippen molar-refractivity contribution in [3.05, 3.63) is 54.2 Å². The van der Waals surface area contributed by atoms with E-state index in [4.69, 9.17) is 0 Å². The number of aromatic nitrogens is 3. The maximum atomic E-state index is 12.7. The predicted molar refractivity (Wildman–Crippen MR) is 98.0 cm³/mol. The number of benzene rings is 1. The van der Waals surface area contributed by atoms with E-state index in [0.717, 1.165) is 17.8 Å². The molecule has 0 aliphatic carbocycles. The standard InChI is InChI=1S/C19H18F3N5O/c20-19(21,22)14-4-6-15(7-5-14)26-11-8-13(9-12-26)17(28)23-18-25-24-16-3-1-2-10-27(16)18/h1-7,10,13H,8-9,11-12H2,(H,23,25,28). The maximum Gasteiger partial charge on any atom is 0.416 e. The van der Waals surface area contributed by atoms with Gasteiger partial charge in [-0.1, -0.05) is 6.07 Å². The summed E-state index contributed by atoms with van der Waals surface area (Å²) in [7, 11) is 0. The second kappa shape index (κ2) is 7.14. The smallest absolute Gasteiger partial charge is 0.371 e. The normalized spacial score (nSPS) is 15.8. The molecule has 0 saturated carbocycles. The van der Waals surface area contributed by atoms with Crippen LogP contribution in [0.5, 0.6) is 0 Å². The maximum absolute atomic E-state index is 12.7. The molecule has 2 aromatic heterocycles. The van der Waals surface area contributed by atoms with E-state index in [2.05, 4.69) is 15.5 Å². The molecule has 6 nitrogen and oxygen atoms in total. The van der Waals surface area contributed by atoms with Gasteiger partial charge in [-0.15, -0.1) is 10.2 Å². The fourth-order valence-electron chi connectivity index (χ4n) is 3.40. The molecule has 1 aliphatic rings. The number of carbonyl (C=O) groups excluding carboxylic acids is 1. The number of hydrogen-bond acceptors (Lipinski definition) is 4. The lowest BCUT2D eigenvalue weighted by atomic mass is 9.95. The third-order valence-electron chi connectivity index (χ3n) is 4.97. The monoisotopic (exact) mass is 389 g/mol. The van der Waals surface area contributed by atoms with E-state index < -0.39 is 11.7 Å². The van der Waals surface area contributed by atoms with Crippen molar-refractivity contribution in [2.45, 2.75) is 19.0 Å². The Bertz CT molecular complexity index is 975. The first kappa shape index (κ1) is 18.3. The van der Waals surface area contributed by atoms with Gasteiger partial charge in [0.15, 0.2) is 5.65 Å². The molecule has 1 fully saturated rings. The number of halogens is 3. The third kappa shape index (κ3) is 3.64. The highest BCUT2D eigenvalue weighted by atomic mass is 19.4. The molecule has 3 aromatic rings. The van der Waals surface area contributed by atoms with Crippen molar-refractivity contribution < 1.29 is 18.0 Å². The van der Waals surface area contributed by atoms with Crippen LogP contribution in [0.1, 0.15) is 18.4 Å². The Morgan fingerprint density at radius 3 is 2.43 bits per heavy atom. The molecule has 0 radical (unpaired) electrons. The molecule has 0 spiro atoms. The van der Waals surface area contributed by atoms with Crippen molar-refractivity contribution in [3.63, 3.8) is 0 Å². The largest absolute Gasteiger partial charge is 0.416 e. The van der Waals surface area contributed by atoms with E-state index in [9.17, 15) is 18.0 Å². The Morgan fingerprint density at radius 2 is 1.75 bits per heavy atom. The van der Waals surface area contributed by atoms with Gasteiger partial charge in [0.2, 0.25) is 11.9 Å². The highest BCUT2D eigenvalue weighted by molar-refractivity contribution is 5.91. The molecule has 3 heterocycles. The summed E-state index contributed by atoms with van der Waals surface area (Å²) in [6, 6.07) is 10.6. The summed E-state index contributed by atoms with van der Waals surface area (Å²) in [5, 5.41) is 10.8. The number of nitrogens with zero attached hydrogens (tertiary/aromatic N) is 4. The first-order valence-corrected chi connectivity index (χ1v) is 8.94. The lowest BCUT2D eigenvalue weighted by Crippen LogP contribution is -2.38. The van der Waals surface area contributed by atoms with Crippen LogP contribution in [0.4, 0.5) is 24.8 Å². The van der Waals surface area contributed by atoms with E-state index in [1.54, 1.807) is 16.7 Å². The molecule has 1 aromatic carbocycles. The average molecular weight is 389 g/mol. The van der Waals surface area contributed by atoms with Crippen molar-refractivity contribution in [1.82, 2.24) is 14.6 Å². The fraction of sp³-hybridized carbons (Fsp3) is 0.316. The van der Waals surface area contributed by atoms with Crippen LogP contribution in [-0.4, -0.2) is 33.6 Å². The van der Waals surface area contributed by atoms with E-state index in [1.165, 1.54) is 12.1 Å². The van der Waals surface area contributed by atoms with Gasteiger partial charge in [-0.25, -0.2) is 0 Å². The third-order valence-corrected chi connectivity index (χ3v) is 4.97. The van der Waals surface area contributed by atoms with Gasteiger partial charge in [0, 0.05) is 30.9 Å². The molecule has 1 saturated heterocycles. The molecule has 0 unspecified atom stereocenters. The number of nitrogens with one attached hydrogen (secondary N) is 1. The topological polar surface area (TPSA) is 62.5 Å². The van der Waals surface area contributed by atoms with Gasteiger partial charge in [0.1, 0.15) is 0 Å². The molecule has 146 valence electrons. The number of carbonyl (C=O) groups is 1. The van der Waals surface area contributed by atoms with Gasteiger partial charge >= 0.3 is 6.18 Å². The van der Waals surface area contributed by atoms with Gasteiger partial charge < -0.3 is 4.90 Å². The van der Waals surface area contributed by atoms with Crippen LogP contribution < -0.4 is 10.2 Å². The van der Waals surface area contributed by atoms with Crippen LogP contribution in [0.2, 0.25) is 0 Å². The molecular formula is C19H18F3N5O. The van der Waals surface area contributed by atoms with E-state index in [1.807, 2.05) is 17.0 Å². The zero-order valence-corrected chi connectivity index (χ0v) is 14.9. The number of rotatable bonds is 3. The minimum absolute atomic E-state index is 0.120. The average Bonchev–Trinajstić information content (AvgIpc) is 3.10. The van der Waals surface area contributed by atoms with Gasteiger partial charge in [-0.2, -0.15) is 13.2 Å². The number of alkyl halides is 3. The van der Waals surface area contributed by atoms with Gasteiger partial charge in [0.05, 0.1) is 5.56 Å². The van der Waals surface area contributed by atoms with Gasteiger partial charge in [0.25, 0.3) is 0 Å². The Morgan fingerprint density at radius 1 is 1.04 bits per heavy atom. The molecule has 28 heavy (non-hydrogen) atoms. The number of piperidine rings is 1. The molecule has 1 aliphatic heterocycles. The van der Waals surface area contributed by atoms with Crippen LogP contribution in [-0.2, 0) is 11.0 Å². The first-order valence-electron chi connectivity index (χ1n) is 8.94. The lowest BCUT2D eigenvalue weighted by Gasteiger charge is -2.33. The number of fused-ring (bicyclic) bond motifs is 1. The highest BCUT2D eigenvalue weighted by Gasteiger charge is 2.31. The molecular weight excluding hydrogens is 371 g/mol.